The summed E-state index contributed by atoms with van der Waals surface area (Å²) < 4.78 is 42.4. The zero-order chi connectivity index (χ0) is 19.4. The summed E-state index contributed by atoms with van der Waals surface area (Å²) >= 11 is 0. The fourth-order valence-corrected chi connectivity index (χ4v) is 2.06. The highest BCUT2D eigenvalue weighted by molar-refractivity contribution is 5.90. The van der Waals surface area contributed by atoms with E-state index in [2.05, 4.69) is 25.8 Å². The van der Waals surface area contributed by atoms with Gasteiger partial charge in [-0.1, -0.05) is 35.0 Å². The van der Waals surface area contributed by atoms with Gasteiger partial charge in [0.05, 0.1) is 6.21 Å². The average molecular weight is 378 g/mol. The first-order chi connectivity index (χ1) is 12.8. The number of carbonyl (C=O) groups excluding carboxylic acids is 1. The molecule has 1 N–H and O–H groups in total. The molecule has 1 aromatic carbocycles. The molecule has 2 heterocycles. The van der Waals surface area contributed by atoms with Crippen molar-refractivity contribution in [2.75, 3.05) is 0 Å². The van der Waals surface area contributed by atoms with Crippen LogP contribution in [0.4, 0.5) is 13.2 Å². The Hall–Kier alpha value is -3.50. The summed E-state index contributed by atoms with van der Waals surface area (Å²) in [5.74, 6) is -0.813. The van der Waals surface area contributed by atoms with Crippen LogP contribution in [0.25, 0.3) is 11.4 Å². The van der Waals surface area contributed by atoms with Crippen molar-refractivity contribution in [2.24, 2.45) is 5.10 Å². The van der Waals surface area contributed by atoms with Crippen LogP contribution in [0.5, 0.6) is 0 Å². The summed E-state index contributed by atoms with van der Waals surface area (Å²) in [6, 6.07) is 8.64. The first kappa shape index (κ1) is 18.3. The Morgan fingerprint density at radius 3 is 2.74 bits per heavy atom. The summed E-state index contributed by atoms with van der Waals surface area (Å²) in [5.41, 5.74) is 4.03. The smallest absolute Gasteiger partial charge is 0.328 e. The molecule has 0 saturated carbocycles. The number of aryl methyl sites for hydroxylation is 1. The zero-order valence-corrected chi connectivity index (χ0v) is 13.9. The fraction of sp³-hybridized carbons (Fsp3) is 0.188. The summed E-state index contributed by atoms with van der Waals surface area (Å²) in [5, 5.41) is 11.0. The maximum Gasteiger partial charge on any atom is 0.408 e. The van der Waals surface area contributed by atoms with E-state index in [4.69, 9.17) is 4.52 Å². The van der Waals surface area contributed by atoms with E-state index in [0.29, 0.717) is 5.56 Å². The third-order valence-electron chi connectivity index (χ3n) is 3.30. The van der Waals surface area contributed by atoms with Gasteiger partial charge in [0.2, 0.25) is 5.82 Å². The number of hydrogen-bond acceptors (Lipinski definition) is 6. The van der Waals surface area contributed by atoms with Crippen molar-refractivity contribution in [1.82, 2.24) is 25.3 Å². The molecule has 3 aromatic rings. The van der Waals surface area contributed by atoms with Gasteiger partial charge < -0.3 is 4.52 Å². The van der Waals surface area contributed by atoms with Crippen molar-refractivity contribution >= 4 is 12.1 Å². The van der Waals surface area contributed by atoms with Crippen LogP contribution in [-0.4, -0.2) is 38.2 Å². The molecule has 0 radical (unpaired) electrons. The van der Waals surface area contributed by atoms with Crippen molar-refractivity contribution in [3.8, 4) is 11.4 Å². The van der Waals surface area contributed by atoms with Crippen LogP contribution in [0.15, 0.2) is 46.2 Å². The van der Waals surface area contributed by atoms with Crippen molar-refractivity contribution in [1.29, 1.82) is 0 Å². The topological polar surface area (TPSA) is 98.2 Å². The number of hydrogen-bond donors (Lipinski definition) is 1. The highest BCUT2D eigenvalue weighted by atomic mass is 19.4. The number of rotatable bonds is 5. The minimum absolute atomic E-state index is 0.144. The van der Waals surface area contributed by atoms with E-state index in [1.807, 2.05) is 19.1 Å². The van der Waals surface area contributed by atoms with Crippen LogP contribution in [0.1, 0.15) is 21.9 Å². The third-order valence-corrected chi connectivity index (χ3v) is 3.30. The first-order valence-electron chi connectivity index (χ1n) is 7.64. The van der Waals surface area contributed by atoms with Crippen molar-refractivity contribution < 1.29 is 22.5 Å². The van der Waals surface area contributed by atoms with Gasteiger partial charge in [0, 0.05) is 11.8 Å². The number of benzene rings is 1. The van der Waals surface area contributed by atoms with E-state index in [1.54, 1.807) is 12.1 Å². The summed E-state index contributed by atoms with van der Waals surface area (Å²) in [4.78, 5) is 15.9. The van der Waals surface area contributed by atoms with Crippen LogP contribution < -0.4 is 5.43 Å². The van der Waals surface area contributed by atoms with Gasteiger partial charge in [0.25, 0.3) is 0 Å². The number of amides is 1. The number of hydrazone groups is 1. The van der Waals surface area contributed by atoms with E-state index in [1.165, 1.54) is 6.07 Å². The van der Waals surface area contributed by atoms with Gasteiger partial charge >= 0.3 is 18.0 Å². The standard InChI is InChI=1S/C16H13F3N6O2/c1-10-2-4-11(5-3-10)13-21-15(27-24-13)14(26)22-20-8-12-6-7-25(23-12)9-16(17,18)19/h2-8H,9H2,1H3,(H,22,26). The van der Waals surface area contributed by atoms with Crippen molar-refractivity contribution in [2.45, 2.75) is 19.6 Å². The lowest BCUT2D eigenvalue weighted by atomic mass is 10.1. The van der Waals surface area contributed by atoms with Gasteiger partial charge in [-0.3, -0.25) is 9.48 Å². The highest BCUT2D eigenvalue weighted by Gasteiger charge is 2.28. The Morgan fingerprint density at radius 2 is 2.04 bits per heavy atom. The monoisotopic (exact) mass is 378 g/mol. The van der Waals surface area contributed by atoms with Crippen molar-refractivity contribution in [3.63, 3.8) is 0 Å². The van der Waals surface area contributed by atoms with Crippen LogP contribution >= 0.6 is 0 Å². The number of halogens is 3. The zero-order valence-electron chi connectivity index (χ0n) is 13.9. The number of nitrogens with zero attached hydrogens (tertiary/aromatic N) is 5. The predicted octanol–water partition coefficient (Wildman–Crippen LogP) is 2.57. The lowest BCUT2D eigenvalue weighted by molar-refractivity contribution is -0.142. The number of carbonyl (C=O) groups is 1. The molecular weight excluding hydrogens is 365 g/mol. The van der Waals surface area contributed by atoms with Crippen LogP contribution in [0, 0.1) is 6.92 Å². The largest absolute Gasteiger partial charge is 0.408 e. The molecule has 1 amide bonds. The third kappa shape index (κ3) is 5.00. The maximum absolute atomic E-state index is 12.3. The van der Waals surface area contributed by atoms with Gasteiger partial charge in [-0.05, 0) is 13.0 Å². The normalized spacial score (nSPS) is 11.9. The second-order valence-electron chi connectivity index (χ2n) is 5.54. The van der Waals surface area contributed by atoms with Gasteiger partial charge in [-0.2, -0.15) is 28.4 Å². The summed E-state index contributed by atoms with van der Waals surface area (Å²) in [6.45, 7) is 0.722. The summed E-state index contributed by atoms with van der Waals surface area (Å²) in [6.07, 6.45) is -2.12. The number of alkyl halides is 3. The first-order valence-corrected chi connectivity index (χ1v) is 7.64. The second-order valence-corrected chi connectivity index (χ2v) is 5.54. The Labute approximate surface area is 150 Å². The fourth-order valence-electron chi connectivity index (χ4n) is 2.06. The lowest BCUT2D eigenvalue weighted by Gasteiger charge is -2.04. The molecule has 8 nitrogen and oxygen atoms in total. The van der Waals surface area contributed by atoms with Crippen molar-refractivity contribution in [3.05, 3.63) is 53.7 Å². The molecule has 0 saturated heterocycles. The molecule has 140 valence electrons. The average Bonchev–Trinajstić information content (AvgIpc) is 3.24. The second kappa shape index (κ2) is 7.40. The van der Waals surface area contributed by atoms with Gasteiger partial charge in [0.15, 0.2) is 0 Å². The molecule has 0 aliphatic heterocycles. The molecular formula is C16H13F3N6O2. The minimum Gasteiger partial charge on any atom is -0.328 e. The molecule has 0 aliphatic carbocycles. The molecule has 0 fully saturated rings. The lowest BCUT2D eigenvalue weighted by Crippen LogP contribution is -2.19. The quantitative estimate of drug-likeness (QED) is 0.544. The molecule has 2 aromatic heterocycles. The molecule has 0 unspecified atom stereocenters. The van der Waals surface area contributed by atoms with Gasteiger partial charge in [0.1, 0.15) is 12.2 Å². The molecule has 27 heavy (non-hydrogen) atoms. The van der Waals surface area contributed by atoms with E-state index >= 15 is 0 Å². The summed E-state index contributed by atoms with van der Waals surface area (Å²) in [7, 11) is 0. The van der Waals surface area contributed by atoms with E-state index in [9.17, 15) is 18.0 Å². The minimum atomic E-state index is -4.37. The SMILES string of the molecule is Cc1ccc(-c2noc(C(=O)NN=Cc3ccn(CC(F)(F)F)n3)n2)cc1. The number of nitrogens with one attached hydrogen (secondary N) is 1. The molecule has 0 bridgehead atoms. The van der Waals surface area contributed by atoms with Crippen LogP contribution in [0.2, 0.25) is 0 Å². The molecule has 3 rings (SSSR count). The Morgan fingerprint density at radius 1 is 1.30 bits per heavy atom. The van der Waals surface area contributed by atoms with Crippen LogP contribution in [-0.2, 0) is 6.54 Å². The Bertz CT molecular complexity index is 959. The molecule has 0 spiro atoms. The molecule has 0 atom stereocenters. The van der Waals surface area contributed by atoms with E-state index in [0.717, 1.165) is 22.7 Å². The number of aromatic nitrogens is 4. The highest BCUT2D eigenvalue weighted by Crippen LogP contribution is 2.17. The van der Waals surface area contributed by atoms with E-state index < -0.39 is 18.6 Å². The van der Waals surface area contributed by atoms with Gasteiger partial charge in [-0.15, -0.1) is 0 Å². The van der Waals surface area contributed by atoms with E-state index in [-0.39, 0.29) is 17.4 Å². The Kier molecular flexibility index (Phi) is 5.01. The molecule has 11 heteroatoms. The van der Waals surface area contributed by atoms with Crippen LogP contribution in [0.3, 0.4) is 0 Å². The Balaban J connectivity index is 1.59. The molecule has 0 aliphatic rings. The maximum atomic E-state index is 12.3. The predicted molar refractivity (Wildman–Crippen MR) is 87.8 cm³/mol. The van der Waals surface area contributed by atoms with Gasteiger partial charge in [-0.25, -0.2) is 5.43 Å².